The van der Waals surface area contributed by atoms with Crippen molar-refractivity contribution in [3.63, 3.8) is 0 Å². The largest absolute Gasteiger partial charge is 0.353 e. The van der Waals surface area contributed by atoms with E-state index >= 15 is 0 Å². The summed E-state index contributed by atoms with van der Waals surface area (Å²) in [5.74, 6) is 0.566. The second kappa shape index (κ2) is 7.87. The molecule has 1 atom stereocenters. The summed E-state index contributed by atoms with van der Waals surface area (Å²) in [5.41, 5.74) is 0.525. The maximum absolute atomic E-state index is 12.1. The summed E-state index contributed by atoms with van der Waals surface area (Å²) in [6.07, 6.45) is 0.900. The Kier molecular flexibility index (Phi) is 5.87. The molecule has 0 fully saturated rings. The number of likely N-dealkylation sites (N-methyl/N-ethyl adjacent to an activating group) is 1. The van der Waals surface area contributed by atoms with E-state index in [-0.39, 0.29) is 24.1 Å². The number of carbonyl (C=O) groups excluding carboxylic acids is 1. The molecule has 0 radical (unpaired) electrons. The first-order chi connectivity index (χ1) is 11.0. The molecule has 0 saturated heterocycles. The van der Waals surface area contributed by atoms with E-state index < -0.39 is 0 Å². The van der Waals surface area contributed by atoms with Crippen molar-refractivity contribution in [1.82, 2.24) is 20.2 Å². The normalized spacial score (nSPS) is 12.5. The number of hydrogen-bond donors (Lipinski definition) is 2. The third kappa shape index (κ3) is 4.63. The minimum atomic E-state index is -0.147. The zero-order chi connectivity index (χ0) is 16.8. The van der Waals surface area contributed by atoms with Gasteiger partial charge in [0, 0.05) is 6.04 Å². The lowest BCUT2D eigenvalue weighted by Gasteiger charge is -2.20. The molecular weight excluding hydrogens is 292 g/mol. The molecule has 1 amide bonds. The molecule has 124 valence electrons. The second-order valence-corrected chi connectivity index (χ2v) is 5.71. The van der Waals surface area contributed by atoms with Gasteiger partial charge in [-0.05, 0) is 32.0 Å². The van der Waals surface area contributed by atoms with E-state index in [1.807, 2.05) is 43.9 Å². The average Bonchev–Trinajstić information content (AvgIpc) is 2.54. The zero-order valence-electron chi connectivity index (χ0n) is 13.9. The van der Waals surface area contributed by atoms with Crippen LogP contribution in [0.5, 0.6) is 0 Å². The van der Waals surface area contributed by atoms with E-state index in [1.165, 1.54) is 0 Å². The summed E-state index contributed by atoms with van der Waals surface area (Å²) in [5, 5.41) is 3.53. The zero-order valence-corrected chi connectivity index (χ0v) is 13.9. The minimum Gasteiger partial charge on any atom is -0.353 e. The number of carbonyl (C=O) groups is 1. The standard InChI is InChI=1S/C17H24N4O2/c1-4-12(3)18-16(22)11-21(5-2)10-15-19-14-9-7-6-8-13(14)17(23)20-15/h6-9,12H,4-5,10-11H2,1-3H3,(H,18,22)(H,19,20,23)/t12-/m0/s1. The first-order valence-electron chi connectivity index (χ1n) is 8.03. The van der Waals surface area contributed by atoms with Crippen molar-refractivity contribution in [1.29, 1.82) is 0 Å². The van der Waals surface area contributed by atoms with Crippen molar-refractivity contribution < 1.29 is 4.79 Å². The van der Waals surface area contributed by atoms with Gasteiger partial charge in [0.15, 0.2) is 0 Å². The molecule has 0 aliphatic heterocycles. The van der Waals surface area contributed by atoms with Gasteiger partial charge in [-0.3, -0.25) is 14.5 Å². The molecule has 0 saturated carbocycles. The summed E-state index contributed by atoms with van der Waals surface area (Å²) in [6, 6.07) is 7.41. The Morgan fingerprint density at radius 2 is 2.09 bits per heavy atom. The molecule has 0 aliphatic carbocycles. The highest BCUT2D eigenvalue weighted by Crippen LogP contribution is 2.07. The molecule has 6 heteroatoms. The quantitative estimate of drug-likeness (QED) is 0.814. The molecule has 1 aromatic carbocycles. The lowest BCUT2D eigenvalue weighted by atomic mass is 10.2. The first-order valence-corrected chi connectivity index (χ1v) is 8.03. The third-order valence-electron chi connectivity index (χ3n) is 3.87. The number of nitrogens with one attached hydrogen (secondary N) is 2. The SMILES string of the molecule is CC[C@H](C)NC(=O)CN(CC)Cc1nc2ccccc2c(=O)[nH]1. The van der Waals surface area contributed by atoms with Gasteiger partial charge in [0.1, 0.15) is 5.82 Å². The predicted molar refractivity (Wildman–Crippen MR) is 91.2 cm³/mol. The number of H-pyrrole nitrogens is 1. The molecule has 0 spiro atoms. The van der Waals surface area contributed by atoms with E-state index in [2.05, 4.69) is 15.3 Å². The van der Waals surface area contributed by atoms with Crippen LogP contribution in [0.4, 0.5) is 0 Å². The van der Waals surface area contributed by atoms with Crippen molar-refractivity contribution in [3.8, 4) is 0 Å². The Morgan fingerprint density at radius 3 is 2.78 bits per heavy atom. The van der Waals surface area contributed by atoms with Crippen LogP contribution in [0.3, 0.4) is 0 Å². The summed E-state index contributed by atoms with van der Waals surface area (Å²) in [4.78, 5) is 33.3. The van der Waals surface area contributed by atoms with Crippen LogP contribution in [0.15, 0.2) is 29.1 Å². The van der Waals surface area contributed by atoms with Crippen molar-refractivity contribution in [2.75, 3.05) is 13.1 Å². The molecule has 0 bridgehead atoms. The van der Waals surface area contributed by atoms with Gasteiger partial charge in [-0.2, -0.15) is 0 Å². The van der Waals surface area contributed by atoms with E-state index in [4.69, 9.17) is 0 Å². The van der Waals surface area contributed by atoms with Gasteiger partial charge in [0.2, 0.25) is 5.91 Å². The van der Waals surface area contributed by atoms with Crippen LogP contribution in [0.2, 0.25) is 0 Å². The molecule has 2 N–H and O–H groups in total. The Bertz CT molecular complexity index is 726. The highest BCUT2D eigenvalue weighted by atomic mass is 16.2. The van der Waals surface area contributed by atoms with Gasteiger partial charge in [0.25, 0.3) is 5.56 Å². The highest BCUT2D eigenvalue weighted by molar-refractivity contribution is 5.78. The predicted octanol–water partition coefficient (Wildman–Crippen LogP) is 1.66. The number of aromatic amines is 1. The van der Waals surface area contributed by atoms with Crippen molar-refractivity contribution in [2.45, 2.75) is 39.8 Å². The lowest BCUT2D eigenvalue weighted by Crippen LogP contribution is -2.40. The van der Waals surface area contributed by atoms with Crippen LogP contribution in [0, 0.1) is 0 Å². The summed E-state index contributed by atoms with van der Waals surface area (Å²) in [6.45, 7) is 7.42. The van der Waals surface area contributed by atoms with Gasteiger partial charge < -0.3 is 10.3 Å². The van der Waals surface area contributed by atoms with Gasteiger partial charge in [-0.1, -0.05) is 26.0 Å². The van der Waals surface area contributed by atoms with E-state index in [1.54, 1.807) is 6.07 Å². The maximum atomic E-state index is 12.1. The van der Waals surface area contributed by atoms with Crippen LogP contribution < -0.4 is 10.9 Å². The fourth-order valence-electron chi connectivity index (χ4n) is 2.33. The number of hydrogen-bond acceptors (Lipinski definition) is 4. The average molecular weight is 316 g/mol. The fraction of sp³-hybridized carbons (Fsp3) is 0.471. The number of aromatic nitrogens is 2. The smallest absolute Gasteiger partial charge is 0.258 e. The topological polar surface area (TPSA) is 78.1 Å². The van der Waals surface area contributed by atoms with Crippen molar-refractivity contribution in [3.05, 3.63) is 40.4 Å². The number of fused-ring (bicyclic) bond motifs is 1. The molecule has 2 aromatic rings. The molecule has 1 heterocycles. The van der Waals surface area contributed by atoms with E-state index in [0.29, 0.717) is 29.8 Å². The lowest BCUT2D eigenvalue weighted by molar-refractivity contribution is -0.123. The number of para-hydroxylation sites is 1. The molecule has 0 unspecified atom stereocenters. The van der Waals surface area contributed by atoms with Gasteiger partial charge in [-0.25, -0.2) is 4.98 Å². The Labute approximate surface area is 135 Å². The van der Waals surface area contributed by atoms with E-state index in [0.717, 1.165) is 6.42 Å². The Balaban J connectivity index is 2.10. The van der Waals surface area contributed by atoms with E-state index in [9.17, 15) is 9.59 Å². The van der Waals surface area contributed by atoms with Crippen molar-refractivity contribution in [2.24, 2.45) is 0 Å². The van der Waals surface area contributed by atoms with Crippen LogP contribution >= 0.6 is 0 Å². The third-order valence-corrected chi connectivity index (χ3v) is 3.87. The fourth-order valence-corrected chi connectivity index (χ4v) is 2.33. The minimum absolute atomic E-state index is 0.00987. The molecule has 6 nitrogen and oxygen atoms in total. The first kappa shape index (κ1) is 17.1. The number of benzene rings is 1. The molecule has 1 aromatic heterocycles. The summed E-state index contributed by atoms with van der Waals surface area (Å²) >= 11 is 0. The van der Waals surface area contributed by atoms with Crippen LogP contribution in [0.1, 0.15) is 33.0 Å². The molecule has 2 rings (SSSR count). The van der Waals surface area contributed by atoms with Gasteiger partial charge >= 0.3 is 0 Å². The summed E-state index contributed by atoms with van der Waals surface area (Å²) in [7, 11) is 0. The van der Waals surface area contributed by atoms with Crippen LogP contribution in [-0.4, -0.2) is 39.9 Å². The highest BCUT2D eigenvalue weighted by Gasteiger charge is 2.13. The number of amides is 1. The number of nitrogens with zero attached hydrogens (tertiary/aromatic N) is 2. The monoisotopic (exact) mass is 316 g/mol. The van der Waals surface area contributed by atoms with Gasteiger partial charge in [-0.15, -0.1) is 0 Å². The van der Waals surface area contributed by atoms with Gasteiger partial charge in [0.05, 0.1) is 24.0 Å². The molecule has 0 aliphatic rings. The molecule has 23 heavy (non-hydrogen) atoms. The van der Waals surface area contributed by atoms with Crippen LogP contribution in [0.25, 0.3) is 10.9 Å². The molecular formula is C17H24N4O2. The summed E-state index contributed by atoms with van der Waals surface area (Å²) < 4.78 is 0. The second-order valence-electron chi connectivity index (χ2n) is 5.71. The maximum Gasteiger partial charge on any atom is 0.258 e. The Hall–Kier alpha value is -2.21. The van der Waals surface area contributed by atoms with Crippen LogP contribution in [-0.2, 0) is 11.3 Å². The number of rotatable bonds is 7. The Morgan fingerprint density at radius 1 is 1.35 bits per heavy atom. The van der Waals surface area contributed by atoms with Crippen molar-refractivity contribution >= 4 is 16.8 Å².